The monoisotopic (exact) mass is 413 g/mol. The van der Waals surface area contributed by atoms with E-state index in [0.717, 1.165) is 22.7 Å². The van der Waals surface area contributed by atoms with Crippen molar-refractivity contribution in [2.45, 2.75) is 47.8 Å². The van der Waals surface area contributed by atoms with Crippen LogP contribution in [0, 0.1) is 13.8 Å². The number of alkyl halides is 1. The molecule has 0 saturated carbocycles. The molecule has 0 radical (unpaired) electrons. The molecule has 0 N–H and O–H groups in total. The van der Waals surface area contributed by atoms with Crippen molar-refractivity contribution in [3.63, 3.8) is 0 Å². The van der Waals surface area contributed by atoms with Gasteiger partial charge in [0.25, 0.3) is 5.56 Å². The summed E-state index contributed by atoms with van der Waals surface area (Å²) < 4.78 is 7.67. The summed E-state index contributed by atoms with van der Waals surface area (Å²) in [5, 5.41) is 0. The van der Waals surface area contributed by atoms with Crippen LogP contribution in [0.1, 0.15) is 43.2 Å². The van der Waals surface area contributed by atoms with Crippen LogP contribution in [-0.4, -0.2) is 10.4 Å². The minimum Gasteiger partial charge on any atom is -0.488 e. The third-order valence-corrected chi connectivity index (χ3v) is 4.12. The molecule has 0 aliphatic carbocycles. The number of halogens is 1. The van der Waals surface area contributed by atoms with E-state index in [4.69, 9.17) is 16.3 Å². The van der Waals surface area contributed by atoms with Crippen LogP contribution in [0.15, 0.2) is 71.5 Å². The number of nitrogens with zero attached hydrogens (tertiary/aromatic N) is 1. The topological polar surface area (TPSA) is 31.2 Å². The zero-order valence-corrected chi connectivity index (χ0v) is 18.9. The summed E-state index contributed by atoms with van der Waals surface area (Å²) in [7, 11) is 0. The number of pyridine rings is 1. The predicted molar refractivity (Wildman–Crippen MR) is 124 cm³/mol. The minimum atomic E-state index is 0.00177. The summed E-state index contributed by atoms with van der Waals surface area (Å²) >= 11 is 5.00. The van der Waals surface area contributed by atoms with Crippen molar-refractivity contribution in [2.24, 2.45) is 0 Å². The minimum absolute atomic E-state index is 0.00177. The SMILES string of the molecule is CC.CCCl.Cc1c(OCc2ccccc2)cc(C)n(Cc2ccccc2)c1=O. The highest BCUT2D eigenvalue weighted by Crippen LogP contribution is 2.18. The normalized spacial score (nSPS) is 9.59. The third kappa shape index (κ3) is 7.78. The van der Waals surface area contributed by atoms with Crippen LogP contribution in [-0.2, 0) is 13.2 Å². The molecule has 3 aromatic rings. The first-order valence-corrected chi connectivity index (χ1v) is 10.6. The number of aromatic nitrogens is 1. The number of benzene rings is 2. The van der Waals surface area contributed by atoms with Crippen molar-refractivity contribution >= 4 is 11.6 Å². The first-order chi connectivity index (χ1) is 14.1. The quantitative estimate of drug-likeness (QED) is 0.455. The smallest absolute Gasteiger partial charge is 0.257 e. The van der Waals surface area contributed by atoms with Crippen LogP contribution < -0.4 is 10.3 Å². The Hall–Kier alpha value is -2.52. The van der Waals surface area contributed by atoms with Crippen LogP contribution >= 0.6 is 11.6 Å². The van der Waals surface area contributed by atoms with E-state index in [-0.39, 0.29) is 5.56 Å². The Morgan fingerprint density at radius 2 is 1.38 bits per heavy atom. The van der Waals surface area contributed by atoms with Gasteiger partial charge in [-0.05, 0) is 31.0 Å². The lowest BCUT2D eigenvalue weighted by molar-refractivity contribution is 0.302. The molecule has 1 aromatic heterocycles. The third-order valence-electron chi connectivity index (χ3n) is 4.12. The van der Waals surface area contributed by atoms with Gasteiger partial charge in [-0.25, -0.2) is 0 Å². The van der Waals surface area contributed by atoms with Gasteiger partial charge in [0.2, 0.25) is 0 Å². The molecule has 4 heteroatoms. The molecule has 0 spiro atoms. The fourth-order valence-corrected chi connectivity index (χ4v) is 2.69. The highest BCUT2D eigenvalue weighted by molar-refractivity contribution is 6.17. The fourth-order valence-electron chi connectivity index (χ4n) is 2.69. The van der Waals surface area contributed by atoms with Crippen molar-refractivity contribution < 1.29 is 4.74 Å². The summed E-state index contributed by atoms with van der Waals surface area (Å²) in [5.74, 6) is 1.38. The number of ether oxygens (including phenoxy) is 1. The van der Waals surface area contributed by atoms with E-state index in [2.05, 4.69) is 0 Å². The average molecular weight is 414 g/mol. The van der Waals surface area contributed by atoms with E-state index in [9.17, 15) is 4.79 Å². The zero-order chi connectivity index (χ0) is 21.6. The molecule has 2 aromatic carbocycles. The van der Waals surface area contributed by atoms with Gasteiger partial charge in [-0.2, -0.15) is 0 Å². The van der Waals surface area contributed by atoms with Gasteiger partial charge in [0.05, 0.1) is 12.1 Å². The highest BCUT2D eigenvalue weighted by Gasteiger charge is 2.11. The first-order valence-electron chi connectivity index (χ1n) is 10.0. The average Bonchev–Trinajstić information content (AvgIpc) is 2.76. The van der Waals surface area contributed by atoms with Gasteiger partial charge in [-0.15, -0.1) is 11.6 Å². The van der Waals surface area contributed by atoms with E-state index in [1.165, 1.54) is 0 Å². The fraction of sp³-hybridized carbons (Fsp3) is 0.320. The highest BCUT2D eigenvalue weighted by atomic mass is 35.5. The van der Waals surface area contributed by atoms with Gasteiger partial charge >= 0.3 is 0 Å². The Morgan fingerprint density at radius 1 is 0.897 bits per heavy atom. The molecule has 0 atom stereocenters. The van der Waals surface area contributed by atoms with Crippen LogP contribution in [0.25, 0.3) is 0 Å². The van der Waals surface area contributed by atoms with E-state index in [1.54, 1.807) is 4.57 Å². The van der Waals surface area contributed by atoms with Gasteiger partial charge in [-0.1, -0.05) is 81.4 Å². The Balaban J connectivity index is 0.000000771. The summed E-state index contributed by atoms with van der Waals surface area (Å²) in [4.78, 5) is 12.7. The summed E-state index contributed by atoms with van der Waals surface area (Å²) in [6.07, 6.45) is 0. The summed E-state index contributed by atoms with van der Waals surface area (Å²) in [6, 6.07) is 21.9. The Labute approximate surface area is 179 Å². The predicted octanol–water partition coefficient (Wildman–Crippen LogP) is 6.36. The molecule has 3 nitrogen and oxygen atoms in total. The van der Waals surface area contributed by atoms with Crippen LogP contribution in [0.2, 0.25) is 0 Å². The van der Waals surface area contributed by atoms with E-state index >= 15 is 0 Å². The van der Waals surface area contributed by atoms with E-state index in [1.807, 2.05) is 101 Å². The molecular weight excluding hydrogens is 382 g/mol. The van der Waals surface area contributed by atoms with Gasteiger partial charge in [-0.3, -0.25) is 4.79 Å². The molecule has 0 fully saturated rings. The Bertz CT molecular complexity index is 890. The second-order valence-corrected chi connectivity index (χ2v) is 6.73. The molecule has 1 heterocycles. The molecule has 0 unspecified atom stereocenters. The van der Waals surface area contributed by atoms with Gasteiger partial charge < -0.3 is 9.30 Å². The Morgan fingerprint density at radius 3 is 1.90 bits per heavy atom. The molecule has 0 aliphatic rings. The van der Waals surface area contributed by atoms with Crippen molar-refractivity contribution in [1.29, 1.82) is 0 Å². The maximum atomic E-state index is 12.7. The van der Waals surface area contributed by atoms with Crippen molar-refractivity contribution in [3.05, 3.63) is 99.5 Å². The lowest BCUT2D eigenvalue weighted by Crippen LogP contribution is -2.25. The molecule has 3 rings (SSSR count). The van der Waals surface area contributed by atoms with Crippen molar-refractivity contribution in [1.82, 2.24) is 4.57 Å². The van der Waals surface area contributed by atoms with E-state index < -0.39 is 0 Å². The standard InChI is InChI=1S/C21H21NO2.C2H5Cl.C2H6/c1-16-13-20(24-15-19-11-7-4-8-12-19)17(2)21(23)22(16)14-18-9-5-3-6-10-18;1-2-3;1-2/h3-13H,14-15H2,1-2H3;2H2,1H3;1-2H3. The maximum absolute atomic E-state index is 12.7. The van der Waals surface area contributed by atoms with Crippen LogP contribution in [0.5, 0.6) is 5.75 Å². The van der Waals surface area contributed by atoms with Gasteiger partial charge in [0.1, 0.15) is 12.4 Å². The lowest BCUT2D eigenvalue weighted by atomic mass is 10.2. The number of aryl methyl sites for hydroxylation is 1. The summed E-state index contributed by atoms with van der Waals surface area (Å²) in [5.41, 5.74) is 3.75. The van der Waals surface area contributed by atoms with Crippen molar-refractivity contribution in [2.75, 3.05) is 5.88 Å². The zero-order valence-electron chi connectivity index (χ0n) is 18.1. The molecule has 156 valence electrons. The largest absolute Gasteiger partial charge is 0.488 e. The number of hydrogen-bond donors (Lipinski definition) is 0. The first kappa shape index (κ1) is 24.5. The molecule has 29 heavy (non-hydrogen) atoms. The number of rotatable bonds is 5. The Kier molecular flexibility index (Phi) is 11.5. The second-order valence-electron chi connectivity index (χ2n) is 6.19. The molecule has 0 aliphatic heterocycles. The maximum Gasteiger partial charge on any atom is 0.257 e. The number of hydrogen-bond acceptors (Lipinski definition) is 2. The van der Waals surface area contributed by atoms with Crippen LogP contribution in [0.3, 0.4) is 0 Å². The molecule has 0 bridgehead atoms. The van der Waals surface area contributed by atoms with Crippen molar-refractivity contribution in [3.8, 4) is 5.75 Å². The molecule has 0 amide bonds. The van der Waals surface area contributed by atoms with Gasteiger partial charge in [0.15, 0.2) is 0 Å². The molecule has 0 saturated heterocycles. The summed E-state index contributed by atoms with van der Waals surface area (Å²) in [6.45, 7) is 10.7. The lowest BCUT2D eigenvalue weighted by Gasteiger charge is -2.15. The van der Waals surface area contributed by atoms with E-state index in [0.29, 0.717) is 24.5 Å². The molecular formula is C25H32ClNO2. The van der Waals surface area contributed by atoms with Gasteiger partial charge in [0, 0.05) is 11.6 Å². The van der Waals surface area contributed by atoms with Crippen LogP contribution in [0.4, 0.5) is 0 Å². The second kappa shape index (κ2) is 13.6.